The summed E-state index contributed by atoms with van der Waals surface area (Å²) >= 11 is 0. The first-order valence-corrected chi connectivity index (χ1v) is 9.62. The van der Waals surface area contributed by atoms with Crippen molar-refractivity contribution in [1.29, 1.82) is 0 Å². The molecule has 158 valence electrons. The normalized spacial score (nSPS) is 11.3. The SMILES string of the molecule is C[C@@H](NC(=O)c1ccccc1NC(=O)COC(=O)c1ccccc1F)c1ccccc1. The lowest BCUT2D eigenvalue weighted by Crippen LogP contribution is -2.28. The summed E-state index contributed by atoms with van der Waals surface area (Å²) in [6, 6.07) is 21.0. The van der Waals surface area contributed by atoms with Crippen LogP contribution in [-0.2, 0) is 9.53 Å². The van der Waals surface area contributed by atoms with Gasteiger partial charge in [0.1, 0.15) is 5.82 Å². The fourth-order valence-corrected chi connectivity index (χ4v) is 2.91. The minimum atomic E-state index is -0.948. The predicted molar refractivity (Wildman–Crippen MR) is 114 cm³/mol. The van der Waals surface area contributed by atoms with E-state index in [0.717, 1.165) is 11.6 Å². The third-order valence-electron chi connectivity index (χ3n) is 4.52. The molecule has 0 bridgehead atoms. The summed E-state index contributed by atoms with van der Waals surface area (Å²) in [5.74, 6) is -2.70. The van der Waals surface area contributed by atoms with Crippen LogP contribution in [0.25, 0.3) is 0 Å². The lowest BCUT2D eigenvalue weighted by Gasteiger charge is -2.16. The summed E-state index contributed by atoms with van der Waals surface area (Å²) < 4.78 is 18.5. The van der Waals surface area contributed by atoms with E-state index in [9.17, 15) is 18.8 Å². The van der Waals surface area contributed by atoms with Crippen molar-refractivity contribution in [3.8, 4) is 0 Å². The average Bonchev–Trinajstić information content (AvgIpc) is 2.78. The molecular weight excluding hydrogens is 399 g/mol. The van der Waals surface area contributed by atoms with Crippen molar-refractivity contribution in [3.63, 3.8) is 0 Å². The van der Waals surface area contributed by atoms with E-state index in [2.05, 4.69) is 10.6 Å². The number of esters is 1. The zero-order chi connectivity index (χ0) is 22.2. The maximum Gasteiger partial charge on any atom is 0.341 e. The molecule has 2 amide bonds. The molecule has 0 spiro atoms. The highest BCUT2D eigenvalue weighted by Gasteiger charge is 2.18. The molecule has 0 aliphatic carbocycles. The molecule has 0 saturated heterocycles. The van der Waals surface area contributed by atoms with E-state index in [1.54, 1.807) is 24.3 Å². The quantitative estimate of drug-likeness (QED) is 0.564. The summed E-state index contributed by atoms with van der Waals surface area (Å²) in [6.45, 7) is 1.24. The summed E-state index contributed by atoms with van der Waals surface area (Å²) in [5.41, 5.74) is 1.22. The maximum atomic E-state index is 13.6. The molecule has 31 heavy (non-hydrogen) atoms. The maximum absolute atomic E-state index is 13.6. The molecule has 3 aromatic rings. The molecule has 0 aromatic heterocycles. The van der Waals surface area contributed by atoms with Gasteiger partial charge in [-0.15, -0.1) is 0 Å². The largest absolute Gasteiger partial charge is 0.452 e. The molecule has 0 aliphatic rings. The first-order chi connectivity index (χ1) is 15.0. The van der Waals surface area contributed by atoms with Crippen LogP contribution in [0.15, 0.2) is 78.9 Å². The van der Waals surface area contributed by atoms with Gasteiger partial charge in [-0.3, -0.25) is 9.59 Å². The summed E-state index contributed by atoms with van der Waals surface area (Å²) in [7, 11) is 0. The van der Waals surface area contributed by atoms with Crippen LogP contribution in [0.5, 0.6) is 0 Å². The Hall–Kier alpha value is -4.00. The Morgan fingerprint density at radius 3 is 2.19 bits per heavy atom. The van der Waals surface area contributed by atoms with Gasteiger partial charge in [0.25, 0.3) is 11.8 Å². The fourth-order valence-electron chi connectivity index (χ4n) is 2.91. The van der Waals surface area contributed by atoms with Crippen molar-refractivity contribution in [2.24, 2.45) is 0 Å². The van der Waals surface area contributed by atoms with Crippen molar-refractivity contribution < 1.29 is 23.5 Å². The average molecular weight is 420 g/mol. The third-order valence-corrected chi connectivity index (χ3v) is 4.52. The molecule has 0 aliphatic heterocycles. The van der Waals surface area contributed by atoms with Gasteiger partial charge in [0.15, 0.2) is 6.61 Å². The van der Waals surface area contributed by atoms with Gasteiger partial charge in [0.2, 0.25) is 0 Å². The zero-order valence-corrected chi connectivity index (χ0v) is 16.8. The van der Waals surface area contributed by atoms with Crippen LogP contribution in [0.3, 0.4) is 0 Å². The van der Waals surface area contributed by atoms with Crippen molar-refractivity contribution >= 4 is 23.5 Å². The topological polar surface area (TPSA) is 84.5 Å². The number of hydrogen-bond acceptors (Lipinski definition) is 4. The fraction of sp³-hybridized carbons (Fsp3) is 0.125. The number of benzene rings is 3. The van der Waals surface area contributed by atoms with E-state index < -0.39 is 24.3 Å². The van der Waals surface area contributed by atoms with Crippen LogP contribution >= 0.6 is 0 Å². The molecule has 1 atom stereocenters. The molecule has 7 heteroatoms. The monoisotopic (exact) mass is 420 g/mol. The number of halogens is 1. The highest BCUT2D eigenvalue weighted by Crippen LogP contribution is 2.18. The number of hydrogen-bond donors (Lipinski definition) is 2. The van der Waals surface area contributed by atoms with Gasteiger partial charge in [-0.1, -0.05) is 54.6 Å². The highest BCUT2D eigenvalue weighted by molar-refractivity contribution is 6.04. The van der Waals surface area contributed by atoms with Crippen molar-refractivity contribution in [2.75, 3.05) is 11.9 Å². The number of ether oxygens (including phenoxy) is 1. The van der Waals surface area contributed by atoms with Gasteiger partial charge in [0.05, 0.1) is 22.9 Å². The van der Waals surface area contributed by atoms with Crippen LogP contribution in [0.1, 0.15) is 39.2 Å². The second kappa shape index (κ2) is 10.2. The number of rotatable bonds is 7. The molecule has 3 aromatic carbocycles. The summed E-state index contributed by atoms with van der Waals surface area (Å²) in [6.07, 6.45) is 0. The standard InChI is InChI=1S/C24H21FN2O4/c1-16(17-9-3-2-4-10-17)26-23(29)19-12-6-8-14-21(19)27-22(28)15-31-24(30)18-11-5-7-13-20(18)25/h2-14,16H,15H2,1H3,(H,26,29)(H,27,28)/t16-/m1/s1. The number of nitrogens with one attached hydrogen (secondary N) is 2. The highest BCUT2D eigenvalue weighted by atomic mass is 19.1. The Morgan fingerprint density at radius 1 is 0.871 bits per heavy atom. The second-order valence-electron chi connectivity index (χ2n) is 6.76. The van der Waals surface area contributed by atoms with Crippen LogP contribution in [-0.4, -0.2) is 24.4 Å². The van der Waals surface area contributed by atoms with Gasteiger partial charge in [-0.2, -0.15) is 0 Å². The number of anilines is 1. The minimum Gasteiger partial charge on any atom is -0.452 e. The second-order valence-corrected chi connectivity index (χ2v) is 6.76. The van der Waals surface area contributed by atoms with E-state index in [-0.39, 0.29) is 28.8 Å². The van der Waals surface area contributed by atoms with Crippen LogP contribution in [0, 0.1) is 5.82 Å². The molecule has 3 rings (SSSR count). The lowest BCUT2D eigenvalue weighted by atomic mass is 10.1. The van der Waals surface area contributed by atoms with Crippen LogP contribution in [0.2, 0.25) is 0 Å². The Labute approximate surface area is 179 Å². The van der Waals surface area contributed by atoms with E-state index >= 15 is 0 Å². The molecular formula is C24H21FN2O4. The predicted octanol–water partition coefficient (Wildman–Crippen LogP) is 4.11. The molecule has 0 fully saturated rings. The lowest BCUT2D eigenvalue weighted by molar-refractivity contribution is -0.119. The Kier molecular flexibility index (Phi) is 7.11. The molecule has 0 unspecified atom stereocenters. The number of para-hydroxylation sites is 1. The van der Waals surface area contributed by atoms with Crippen molar-refractivity contribution in [3.05, 3.63) is 101 Å². The number of amides is 2. The van der Waals surface area contributed by atoms with Gasteiger partial charge < -0.3 is 15.4 Å². The first kappa shape index (κ1) is 21.7. The van der Waals surface area contributed by atoms with Crippen LogP contribution < -0.4 is 10.6 Å². The molecule has 0 heterocycles. The van der Waals surface area contributed by atoms with Crippen molar-refractivity contribution in [1.82, 2.24) is 5.32 Å². The molecule has 0 radical (unpaired) electrons. The molecule has 2 N–H and O–H groups in total. The third kappa shape index (κ3) is 5.76. The molecule has 0 saturated carbocycles. The number of carbonyl (C=O) groups excluding carboxylic acids is 3. The van der Waals surface area contributed by atoms with E-state index in [1.165, 1.54) is 18.2 Å². The first-order valence-electron chi connectivity index (χ1n) is 9.62. The van der Waals surface area contributed by atoms with E-state index in [0.29, 0.717) is 0 Å². The Morgan fingerprint density at radius 2 is 1.48 bits per heavy atom. The Balaban J connectivity index is 1.62. The van der Waals surface area contributed by atoms with Gasteiger partial charge in [0, 0.05) is 0 Å². The summed E-state index contributed by atoms with van der Waals surface area (Å²) in [4.78, 5) is 36.9. The van der Waals surface area contributed by atoms with Crippen LogP contribution in [0.4, 0.5) is 10.1 Å². The molecule has 6 nitrogen and oxygen atoms in total. The van der Waals surface area contributed by atoms with Crippen molar-refractivity contribution in [2.45, 2.75) is 13.0 Å². The van der Waals surface area contributed by atoms with Gasteiger partial charge >= 0.3 is 5.97 Å². The zero-order valence-electron chi connectivity index (χ0n) is 16.8. The minimum absolute atomic E-state index is 0.237. The van der Waals surface area contributed by atoms with E-state index in [4.69, 9.17) is 4.74 Å². The summed E-state index contributed by atoms with van der Waals surface area (Å²) in [5, 5.41) is 5.44. The Bertz CT molecular complexity index is 1090. The van der Waals surface area contributed by atoms with E-state index in [1.807, 2.05) is 37.3 Å². The number of carbonyl (C=O) groups is 3. The van der Waals surface area contributed by atoms with Gasteiger partial charge in [-0.05, 0) is 36.8 Å². The smallest absolute Gasteiger partial charge is 0.341 e. The van der Waals surface area contributed by atoms with Gasteiger partial charge in [-0.25, -0.2) is 9.18 Å².